The predicted molar refractivity (Wildman–Crippen MR) is 63.5 cm³/mol. The molecule has 0 unspecified atom stereocenters. The second-order valence-corrected chi connectivity index (χ2v) is 4.73. The van der Waals surface area contributed by atoms with Crippen LogP contribution in [-0.4, -0.2) is 35.8 Å². The lowest BCUT2D eigenvalue weighted by atomic mass is 9.69. The highest BCUT2D eigenvalue weighted by Crippen LogP contribution is 2.40. The van der Waals surface area contributed by atoms with Crippen LogP contribution in [0.15, 0.2) is 10.6 Å². The summed E-state index contributed by atoms with van der Waals surface area (Å²) in [5.74, 6) is -0.845. The number of methoxy groups -OCH3 is 1. The molecule has 2 rings (SSSR count). The Morgan fingerprint density at radius 2 is 2.32 bits per heavy atom. The van der Waals surface area contributed by atoms with Crippen LogP contribution in [0.25, 0.3) is 0 Å². The standard InChI is InChI=1S/C12H16N2O5/c1-18-6-8-5-9(14-19-8)10(15)13-7-12(11(16)17)3-2-4-12/h5H,2-4,6-7H2,1H3,(H,13,15)(H,16,17). The van der Waals surface area contributed by atoms with E-state index < -0.39 is 17.3 Å². The zero-order valence-corrected chi connectivity index (χ0v) is 10.6. The van der Waals surface area contributed by atoms with E-state index in [1.54, 1.807) is 0 Å². The van der Waals surface area contributed by atoms with Gasteiger partial charge in [-0.15, -0.1) is 0 Å². The smallest absolute Gasteiger partial charge is 0.311 e. The van der Waals surface area contributed by atoms with Crippen LogP contribution in [0.1, 0.15) is 35.5 Å². The first-order valence-corrected chi connectivity index (χ1v) is 6.03. The molecule has 0 atom stereocenters. The minimum absolute atomic E-state index is 0.119. The lowest BCUT2D eigenvalue weighted by Gasteiger charge is -2.37. The number of hydrogen-bond acceptors (Lipinski definition) is 5. The Balaban J connectivity index is 1.91. The molecular weight excluding hydrogens is 252 g/mol. The molecule has 7 heteroatoms. The summed E-state index contributed by atoms with van der Waals surface area (Å²) in [7, 11) is 1.51. The molecule has 0 aliphatic heterocycles. The maximum Gasteiger partial charge on any atom is 0.311 e. The van der Waals surface area contributed by atoms with E-state index in [2.05, 4.69) is 10.5 Å². The number of nitrogens with one attached hydrogen (secondary N) is 1. The van der Waals surface area contributed by atoms with Crippen molar-refractivity contribution in [3.63, 3.8) is 0 Å². The molecule has 1 fully saturated rings. The van der Waals surface area contributed by atoms with Gasteiger partial charge in [-0.05, 0) is 12.8 Å². The minimum Gasteiger partial charge on any atom is -0.481 e. The monoisotopic (exact) mass is 268 g/mol. The van der Waals surface area contributed by atoms with Gasteiger partial charge in [0.15, 0.2) is 11.5 Å². The molecule has 2 N–H and O–H groups in total. The molecule has 1 heterocycles. The van der Waals surface area contributed by atoms with Gasteiger partial charge in [0.1, 0.15) is 6.61 Å². The van der Waals surface area contributed by atoms with Gasteiger partial charge in [0.2, 0.25) is 0 Å². The maximum atomic E-state index is 11.8. The van der Waals surface area contributed by atoms with Gasteiger partial charge < -0.3 is 19.7 Å². The molecule has 0 bridgehead atoms. The van der Waals surface area contributed by atoms with Crippen LogP contribution in [0, 0.1) is 5.41 Å². The zero-order chi connectivity index (χ0) is 13.9. The molecule has 1 aliphatic carbocycles. The number of carbonyl (C=O) groups excluding carboxylic acids is 1. The molecule has 7 nitrogen and oxygen atoms in total. The van der Waals surface area contributed by atoms with Gasteiger partial charge >= 0.3 is 5.97 Å². The zero-order valence-electron chi connectivity index (χ0n) is 10.6. The van der Waals surface area contributed by atoms with E-state index in [-0.39, 0.29) is 18.8 Å². The molecule has 0 saturated heterocycles. The first-order chi connectivity index (χ1) is 9.07. The number of amides is 1. The van der Waals surface area contributed by atoms with Crippen molar-refractivity contribution in [3.8, 4) is 0 Å². The molecule has 0 aromatic carbocycles. The number of carbonyl (C=O) groups is 2. The van der Waals surface area contributed by atoms with Crippen LogP contribution >= 0.6 is 0 Å². The van der Waals surface area contributed by atoms with E-state index in [1.165, 1.54) is 13.2 Å². The van der Waals surface area contributed by atoms with Gasteiger partial charge in [0.25, 0.3) is 5.91 Å². The fourth-order valence-electron chi connectivity index (χ4n) is 2.04. The Kier molecular flexibility index (Phi) is 3.84. The fraction of sp³-hybridized carbons (Fsp3) is 0.583. The summed E-state index contributed by atoms with van der Waals surface area (Å²) in [5.41, 5.74) is -0.679. The van der Waals surface area contributed by atoms with Gasteiger partial charge in [-0.3, -0.25) is 9.59 Å². The lowest BCUT2D eigenvalue weighted by molar-refractivity contribution is -0.153. The number of aliphatic carboxylic acids is 1. The van der Waals surface area contributed by atoms with Crippen LogP contribution < -0.4 is 5.32 Å². The first kappa shape index (κ1) is 13.5. The van der Waals surface area contributed by atoms with E-state index >= 15 is 0 Å². The van der Waals surface area contributed by atoms with Gasteiger partial charge in [-0.1, -0.05) is 11.6 Å². The average molecular weight is 268 g/mol. The highest BCUT2D eigenvalue weighted by Gasteiger charge is 2.44. The van der Waals surface area contributed by atoms with Gasteiger partial charge in [0.05, 0.1) is 5.41 Å². The van der Waals surface area contributed by atoms with Crippen LogP contribution in [-0.2, 0) is 16.1 Å². The summed E-state index contributed by atoms with van der Waals surface area (Å²) in [5, 5.41) is 15.3. The summed E-state index contributed by atoms with van der Waals surface area (Å²) < 4.78 is 9.74. The van der Waals surface area contributed by atoms with Crippen molar-refractivity contribution in [3.05, 3.63) is 17.5 Å². The summed E-state index contributed by atoms with van der Waals surface area (Å²) >= 11 is 0. The first-order valence-electron chi connectivity index (χ1n) is 6.03. The summed E-state index contributed by atoms with van der Waals surface area (Å²) in [6.07, 6.45) is 2.07. The molecule has 1 saturated carbocycles. The summed E-state index contributed by atoms with van der Waals surface area (Å²) in [4.78, 5) is 22.9. The second kappa shape index (κ2) is 5.40. The number of nitrogens with zero attached hydrogens (tertiary/aromatic N) is 1. The molecule has 19 heavy (non-hydrogen) atoms. The third-order valence-electron chi connectivity index (χ3n) is 3.43. The summed E-state index contributed by atoms with van der Waals surface area (Å²) in [6.45, 7) is 0.354. The number of aromatic nitrogens is 1. The number of ether oxygens (including phenoxy) is 1. The number of rotatable bonds is 6. The lowest BCUT2D eigenvalue weighted by Crippen LogP contribution is -2.47. The molecule has 1 aromatic heterocycles. The topological polar surface area (TPSA) is 102 Å². The van der Waals surface area contributed by atoms with Crippen LogP contribution in [0.3, 0.4) is 0 Å². The minimum atomic E-state index is -0.862. The van der Waals surface area contributed by atoms with E-state index in [0.29, 0.717) is 18.6 Å². The normalized spacial score (nSPS) is 16.7. The van der Waals surface area contributed by atoms with Crippen LogP contribution in [0.5, 0.6) is 0 Å². The number of carboxylic acids is 1. The fourth-order valence-corrected chi connectivity index (χ4v) is 2.04. The van der Waals surface area contributed by atoms with Crippen molar-refractivity contribution in [2.45, 2.75) is 25.9 Å². The Hall–Kier alpha value is -1.89. The van der Waals surface area contributed by atoms with E-state index in [0.717, 1.165) is 6.42 Å². The third-order valence-corrected chi connectivity index (χ3v) is 3.43. The Morgan fingerprint density at radius 3 is 2.84 bits per heavy atom. The molecule has 1 aromatic rings. The highest BCUT2D eigenvalue weighted by atomic mass is 16.5. The Bertz CT molecular complexity index is 478. The van der Waals surface area contributed by atoms with E-state index in [1.807, 2.05) is 0 Å². The SMILES string of the molecule is COCc1cc(C(=O)NCC2(C(=O)O)CCC2)no1. The third kappa shape index (κ3) is 2.76. The molecule has 0 radical (unpaired) electrons. The number of carboxylic acid groups (broad SMARTS) is 1. The van der Waals surface area contributed by atoms with Crippen molar-refractivity contribution >= 4 is 11.9 Å². The van der Waals surface area contributed by atoms with Crippen molar-refractivity contribution in [2.75, 3.05) is 13.7 Å². The Morgan fingerprint density at radius 1 is 1.58 bits per heavy atom. The Labute approximate surface area is 109 Å². The predicted octanol–water partition coefficient (Wildman–Crippen LogP) is 0.806. The van der Waals surface area contributed by atoms with Crippen molar-refractivity contribution in [1.29, 1.82) is 0 Å². The average Bonchev–Trinajstić information content (AvgIpc) is 2.76. The van der Waals surface area contributed by atoms with Gasteiger partial charge in [-0.2, -0.15) is 0 Å². The maximum absolute atomic E-state index is 11.8. The van der Waals surface area contributed by atoms with E-state index in [4.69, 9.17) is 14.4 Å². The van der Waals surface area contributed by atoms with Crippen LogP contribution in [0.4, 0.5) is 0 Å². The van der Waals surface area contributed by atoms with Gasteiger partial charge in [-0.25, -0.2) is 0 Å². The number of hydrogen-bond donors (Lipinski definition) is 2. The van der Waals surface area contributed by atoms with Gasteiger partial charge in [0, 0.05) is 19.7 Å². The molecule has 104 valence electrons. The molecule has 1 amide bonds. The highest BCUT2D eigenvalue weighted by molar-refractivity contribution is 5.92. The van der Waals surface area contributed by atoms with E-state index in [9.17, 15) is 9.59 Å². The largest absolute Gasteiger partial charge is 0.481 e. The van der Waals surface area contributed by atoms with Crippen molar-refractivity contribution < 1.29 is 24.0 Å². The quantitative estimate of drug-likeness (QED) is 0.791. The summed E-state index contributed by atoms with van der Waals surface area (Å²) in [6, 6.07) is 1.48. The van der Waals surface area contributed by atoms with Crippen molar-refractivity contribution in [2.24, 2.45) is 5.41 Å². The second-order valence-electron chi connectivity index (χ2n) is 4.73. The van der Waals surface area contributed by atoms with Crippen molar-refractivity contribution in [1.82, 2.24) is 10.5 Å². The van der Waals surface area contributed by atoms with Crippen LogP contribution in [0.2, 0.25) is 0 Å². The molecule has 0 spiro atoms. The molecule has 1 aliphatic rings. The molecular formula is C12H16N2O5.